The van der Waals surface area contributed by atoms with Gasteiger partial charge in [-0.2, -0.15) is 5.10 Å². The van der Waals surface area contributed by atoms with Crippen molar-refractivity contribution >= 4 is 23.5 Å². The number of hydrogen-bond acceptors (Lipinski definition) is 7. The van der Waals surface area contributed by atoms with Gasteiger partial charge in [-0.25, -0.2) is 19.1 Å². The van der Waals surface area contributed by atoms with Gasteiger partial charge in [0.05, 0.1) is 24.4 Å². The predicted molar refractivity (Wildman–Crippen MR) is 119 cm³/mol. The number of hydrogen-bond donors (Lipinski definition) is 1. The molecule has 0 bridgehead atoms. The Hall–Kier alpha value is -4.01. The number of amides is 1. The number of nitrogens with one attached hydrogen (secondary N) is 1. The van der Waals surface area contributed by atoms with Gasteiger partial charge in [0.15, 0.2) is 11.3 Å². The zero-order valence-corrected chi connectivity index (χ0v) is 18.7. The predicted octanol–water partition coefficient (Wildman–Crippen LogP) is 2.89. The SMILES string of the molecule is C=CCOC(=O)c1ccc2c(c1C)CC[C@@H]2NC(=O)c1cc(C(=O)OC)nc2cc(C)nn12. The van der Waals surface area contributed by atoms with Crippen molar-refractivity contribution in [3.63, 3.8) is 0 Å². The fourth-order valence-electron chi connectivity index (χ4n) is 4.16. The Labute approximate surface area is 190 Å². The van der Waals surface area contributed by atoms with E-state index in [2.05, 4.69) is 22.0 Å². The van der Waals surface area contributed by atoms with Gasteiger partial charge in [-0.1, -0.05) is 18.7 Å². The molecule has 170 valence electrons. The average Bonchev–Trinajstić information content (AvgIpc) is 3.39. The maximum Gasteiger partial charge on any atom is 0.356 e. The number of rotatable bonds is 6. The van der Waals surface area contributed by atoms with Gasteiger partial charge in [0.1, 0.15) is 12.3 Å². The molecule has 4 rings (SSSR count). The van der Waals surface area contributed by atoms with Crippen LogP contribution < -0.4 is 5.32 Å². The van der Waals surface area contributed by atoms with Crippen molar-refractivity contribution < 1.29 is 23.9 Å². The first-order valence-electron chi connectivity index (χ1n) is 10.5. The molecule has 1 aromatic carbocycles. The number of esters is 2. The van der Waals surface area contributed by atoms with E-state index in [9.17, 15) is 14.4 Å². The molecule has 3 aromatic rings. The Bertz CT molecular complexity index is 1290. The lowest BCUT2D eigenvalue weighted by atomic mass is 9.98. The van der Waals surface area contributed by atoms with E-state index in [-0.39, 0.29) is 29.9 Å². The first-order valence-corrected chi connectivity index (χ1v) is 10.5. The zero-order valence-electron chi connectivity index (χ0n) is 18.7. The van der Waals surface area contributed by atoms with E-state index in [1.807, 2.05) is 13.0 Å². The highest BCUT2D eigenvalue weighted by Gasteiger charge is 2.29. The van der Waals surface area contributed by atoms with Gasteiger partial charge in [0.25, 0.3) is 5.91 Å². The van der Waals surface area contributed by atoms with Crippen molar-refractivity contribution in [1.82, 2.24) is 19.9 Å². The van der Waals surface area contributed by atoms with Gasteiger partial charge in [0.2, 0.25) is 0 Å². The van der Waals surface area contributed by atoms with Crippen molar-refractivity contribution in [2.45, 2.75) is 32.7 Å². The smallest absolute Gasteiger partial charge is 0.356 e. The van der Waals surface area contributed by atoms with Crippen LogP contribution in [-0.2, 0) is 15.9 Å². The largest absolute Gasteiger partial charge is 0.464 e. The summed E-state index contributed by atoms with van der Waals surface area (Å²) >= 11 is 0. The van der Waals surface area contributed by atoms with Crippen LogP contribution in [0.2, 0.25) is 0 Å². The highest BCUT2D eigenvalue weighted by atomic mass is 16.5. The number of benzene rings is 1. The summed E-state index contributed by atoms with van der Waals surface area (Å²) in [7, 11) is 1.26. The lowest BCUT2D eigenvalue weighted by molar-refractivity contribution is 0.0547. The number of aryl methyl sites for hydroxylation is 1. The van der Waals surface area contributed by atoms with Gasteiger partial charge < -0.3 is 14.8 Å². The summed E-state index contributed by atoms with van der Waals surface area (Å²) in [5.74, 6) is -1.42. The standard InChI is InChI=1S/C24H24N4O5/c1-5-10-33-23(30)16-6-7-17-15(14(16)3)8-9-18(17)26-22(29)20-12-19(24(31)32-4)25-21-11-13(2)27-28(20)21/h5-7,11-12,18H,1,8-10H2,2-4H3,(H,26,29)/t18-/m0/s1. The molecule has 0 saturated carbocycles. The van der Waals surface area contributed by atoms with Crippen LogP contribution in [0.1, 0.15) is 66.2 Å². The normalized spacial score (nSPS) is 14.6. The summed E-state index contributed by atoms with van der Waals surface area (Å²) in [5, 5.41) is 7.37. The summed E-state index contributed by atoms with van der Waals surface area (Å²) in [5.41, 5.74) is 4.59. The molecule has 1 aliphatic carbocycles. The van der Waals surface area contributed by atoms with Crippen LogP contribution in [0.5, 0.6) is 0 Å². The van der Waals surface area contributed by atoms with Crippen LogP contribution in [0.4, 0.5) is 0 Å². The molecule has 0 spiro atoms. The molecule has 1 amide bonds. The molecule has 2 aromatic heterocycles. The Morgan fingerprint density at radius 1 is 1.24 bits per heavy atom. The number of ether oxygens (including phenoxy) is 2. The van der Waals surface area contributed by atoms with E-state index in [0.717, 1.165) is 23.1 Å². The molecule has 1 aliphatic rings. The molecule has 0 fully saturated rings. The second-order valence-electron chi connectivity index (χ2n) is 7.83. The van der Waals surface area contributed by atoms with Crippen molar-refractivity contribution in [1.29, 1.82) is 0 Å². The number of methoxy groups -OCH3 is 1. The minimum Gasteiger partial charge on any atom is -0.464 e. The monoisotopic (exact) mass is 448 g/mol. The molecule has 1 atom stereocenters. The minimum atomic E-state index is -0.636. The Morgan fingerprint density at radius 2 is 2.03 bits per heavy atom. The van der Waals surface area contributed by atoms with E-state index in [1.165, 1.54) is 23.8 Å². The first kappa shape index (κ1) is 22.2. The van der Waals surface area contributed by atoms with Gasteiger partial charge in [-0.15, -0.1) is 0 Å². The summed E-state index contributed by atoms with van der Waals surface area (Å²) in [6.45, 7) is 7.37. The summed E-state index contributed by atoms with van der Waals surface area (Å²) < 4.78 is 11.4. The molecule has 1 N–H and O–H groups in total. The Kier molecular flexibility index (Phi) is 5.95. The van der Waals surface area contributed by atoms with Crippen LogP contribution in [0.15, 0.2) is 36.9 Å². The van der Waals surface area contributed by atoms with Gasteiger partial charge >= 0.3 is 11.9 Å². The van der Waals surface area contributed by atoms with Crippen LogP contribution in [0.3, 0.4) is 0 Å². The molecule has 9 heteroatoms. The maximum atomic E-state index is 13.2. The number of fused-ring (bicyclic) bond motifs is 2. The summed E-state index contributed by atoms with van der Waals surface area (Å²) in [6, 6.07) is 6.39. The van der Waals surface area contributed by atoms with E-state index in [4.69, 9.17) is 9.47 Å². The molecular formula is C24H24N4O5. The lowest BCUT2D eigenvalue weighted by Crippen LogP contribution is -2.29. The van der Waals surface area contributed by atoms with Crippen molar-refractivity contribution in [2.75, 3.05) is 13.7 Å². The zero-order chi connectivity index (χ0) is 23.7. The highest BCUT2D eigenvalue weighted by Crippen LogP contribution is 2.35. The number of carbonyl (C=O) groups excluding carboxylic acids is 3. The van der Waals surface area contributed by atoms with Crippen LogP contribution >= 0.6 is 0 Å². The molecule has 0 unspecified atom stereocenters. The van der Waals surface area contributed by atoms with E-state index in [0.29, 0.717) is 23.3 Å². The second-order valence-corrected chi connectivity index (χ2v) is 7.83. The molecule has 9 nitrogen and oxygen atoms in total. The number of nitrogens with zero attached hydrogens (tertiary/aromatic N) is 3. The van der Waals surface area contributed by atoms with Crippen molar-refractivity contribution in [3.8, 4) is 0 Å². The Morgan fingerprint density at radius 3 is 2.76 bits per heavy atom. The molecule has 0 aliphatic heterocycles. The quantitative estimate of drug-likeness (QED) is 0.456. The van der Waals surface area contributed by atoms with Gasteiger partial charge in [-0.3, -0.25) is 4.79 Å². The molecular weight excluding hydrogens is 424 g/mol. The maximum absolute atomic E-state index is 13.2. The van der Waals surface area contributed by atoms with Crippen molar-refractivity contribution in [2.24, 2.45) is 0 Å². The fourth-order valence-corrected chi connectivity index (χ4v) is 4.16. The highest BCUT2D eigenvalue weighted by molar-refractivity contribution is 5.97. The third-order valence-corrected chi connectivity index (χ3v) is 5.73. The molecule has 2 heterocycles. The van der Waals surface area contributed by atoms with Crippen LogP contribution in [0, 0.1) is 13.8 Å². The number of aromatic nitrogens is 3. The van der Waals surface area contributed by atoms with Crippen molar-refractivity contribution in [3.05, 3.63) is 76.3 Å². The van der Waals surface area contributed by atoms with Crippen LogP contribution in [-0.4, -0.2) is 46.2 Å². The topological polar surface area (TPSA) is 112 Å². The van der Waals surface area contributed by atoms with E-state index in [1.54, 1.807) is 19.1 Å². The first-order chi connectivity index (χ1) is 15.8. The van der Waals surface area contributed by atoms with E-state index < -0.39 is 11.9 Å². The third-order valence-electron chi connectivity index (χ3n) is 5.73. The average molecular weight is 448 g/mol. The summed E-state index contributed by atoms with van der Waals surface area (Å²) in [4.78, 5) is 41.8. The third kappa shape index (κ3) is 4.09. The van der Waals surface area contributed by atoms with Crippen LogP contribution in [0.25, 0.3) is 5.65 Å². The molecule has 33 heavy (non-hydrogen) atoms. The minimum absolute atomic E-state index is 0.0281. The fraction of sp³-hybridized carbons (Fsp3) is 0.292. The second kappa shape index (κ2) is 8.85. The summed E-state index contributed by atoms with van der Waals surface area (Å²) in [6.07, 6.45) is 2.92. The van der Waals surface area contributed by atoms with Gasteiger partial charge in [0, 0.05) is 12.1 Å². The molecule has 0 radical (unpaired) electrons. The van der Waals surface area contributed by atoms with Gasteiger partial charge in [-0.05, 0) is 49.4 Å². The Balaban J connectivity index is 1.63. The molecule has 0 saturated heterocycles. The van der Waals surface area contributed by atoms with E-state index >= 15 is 0 Å². The lowest BCUT2D eigenvalue weighted by Gasteiger charge is -2.16. The number of carbonyl (C=O) groups is 3.